The van der Waals surface area contributed by atoms with Gasteiger partial charge in [0.15, 0.2) is 5.65 Å². The Hall–Kier alpha value is -1.46. The molecule has 0 unspecified atom stereocenters. The third kappa shape index (κ3) is 2.11. The average Bonchev–Trinajstić information content (AvgIpc) is 3.00. The van der Waals surface area contributed by atoms with Crippen LogP contribution in [0.5, 0.6) is 0 Å². The van der Waals surface area contributed by atoms with Crippen LogP contribution in [0.3, 0.4) is 0 Å². The maximum absolute atomic E-state index is 5.83. The molecule has 0 bridgehead atoms. The highest BCUT2D eigenvalue weighted by atomic mass is 35.5. The Morgan fingerprint density at radius 1 is 1.33 bits per heavy atom. The highest BCUT2D eigenvalue weighted by Crippen LogP contribution is 2.16. The molecule has 0 atom stereocenters. The van der Waals surface area contributed by atoms with Crippen molar-refractivity contribution in [3.8, 4) is 0 Å². The van der Waals surface area contributed by atoms with E-state index in [9.17, 15) is 0 Å². The Kier molecular flexibility index (Phi) is 3.25. The van der Waals surface area contributed by atoms with Crippen molar-refractivity contribution in [3.05, 3.63) is 40.7 Å². The lowest BCUT2D eigenvalue weighted by atomic mass is 10.4. The van der Waals surface area contributed by atoms with E-state index in [1.807, 2.05) is 23.0 Å². The van der Waals surface area contributed by atoms with E-state index in [1.165, 1.54) is 0 Å². The fourth-order valence-corrected chi connectivity index (χ4v) is 2.64. The minimum absolute atomic E-state index is 0.556. The molecule has 0 aliphatic heterocycles. The van der Waals surface area contributed by atoms with E-state index in [4.69, 9.17) is 11.6 Å². The van der Waals surface area contributed by atoms with Crippen LogP contribution in [0, 0.1) is 0 Å². The molecule has 0 amide bonds. The van der Waals surface area contributed by atoms with Crippen LogP contribution in [-0.2, 0) is 13.0 Å². The standard InChI is InChI=1S/C12H11ClN4S/c13-4-3-11-16-10-2-1-5-14-12(10)17(11)6-9-7-18-8-15-9/h1-2,5,7-8H,3-4,6H2. The van der Waals surface area contributed by atoms with Crippen molar-refractivity contribution >= 4 is 34.1 Å². The molecular weight excluding hydrogens is 268 g/mol. The number of hydrogen-bond acceptors (Lipinski definition) is 4. The van der Waals surface area contributed by atoms with Crippen LogP contribution in [0.1, 0.15) is 11.5 Å². The number of thiazole rings is 1. The number of rotatable bonds is 4. The van der Waals surface area contributed by atoms with Gasteiger partial charge in [-0.1, -0.05) is 0 Å². The van der Waals surface area contributed by atoms with E-state index < -0.39 is 0 Å². The second kappa shape index (κ2) is 5.04. The van der Waals surface area contributed by atoms with Gasteiger partial charge in [0.2, 0.25) is 0 Å². The molecule has 4 nitrogen and oxygen atoms in total. The fraction of sp³-hybridized carbons (Fsp3) is 0.250. The number of pyridine rings is 1. The van der Waals surface area contributed by atoms with Crippen molar-refractivity contribution in [3.63, 3.8) is 0 Å². The van der Waals surface area contributed by atoms with Crippen LogP contribution < -0.4 is 0 Å². The van der Waals surface area contributed by atoms with Crippen molar-refractivity contribution in [2.45, 2.75) is 13.0 Å². The molecule has 0 spiro atoms. The van der Waals surface area contributed by atoms with Crippen LogP contribution in [0.25, 0.3) is 11.2 Å². The van der Waals surface area contributed by atoms with Crippen LogP contribution in [0.15, 0.2) is 29.2 Å². The van der Waals surface area contributed by atoms with Gasteiger partial charge in [-0.25, -0.2) is 15.0 Å². The van der Waals surface area contributed by atoms with Crippen LogP contribution in [0.4, 0.5) is 0 Å². The molecule has 92 valence electrons. The van der Waals surface area contributed by atoms with Crippen molar-refractivity contribution < 1.29 is 0 Å². The predicted molar refractivity (Wildman–Crippen MR) is 73.2 cm³/mol. The minimum atomic E-state index is 0.556. The summed E-state index contributed by atoms with van der Waals surface area (Å²) < 4.78 is 2.09. The highest BCUT2D eigenvalue weighted by molar-refractivity contribution is 7.07. The summed E-state index contributed by atoms with van der Waals surface area (Å²) in [6.45, 7) is 0.698. The first-order valence-corrected chi connectivity index (χ1v) is 7.09. The first-order chi connectivity index (χ1) is 8.88. The molecule has 6 heteroatoms. The maximum atomic E-state index is 5.83. The smallest absolute Gasteiger partial charge is 0.160 e. The molecule has 3 aromatic heterocycles. The summed E-state index contributed by atoms with van der Waals surface area (Å²) in [5.74, 6) is 1.52. The van der Waals surface area contributed by atoms with E-state index in [-0.39, 0.29) is 0 Å². The van der Waals surface area contributed by atoms with Gasteiger partial charge in [-0.15, -0.1) is 22.9 Å². The zero-order chi connectivity index (χ0) is 12.4. The zero-order valence-corrected chi connectivity index (χ0v) is 11.2. The third-order valence-corrected chi connectivity index (χ3v) is 3.53. The van der Waals surface area contributed by atoms with Gasteiger partial charge in [0.25, 0.3) is 0 Å². The van der Waals surface area contributed by atoms with Gasteiger partial charge < -0.3 is 4.57 Å². The van der Waals surface area contributed by atoms with Crippen molar-refractivity contribution in [1.82, 2.24) is 19.5 Å². The first-order valence-electron chi connectivity index (χ1n) is 5.61. The minimum Gasteiger partial charge on any atom is -0.307 e. The van der Waals surface area contributed by atoms with E-state index >= 15 is 0 Å². The summed E-state index contributed by atoms with van der Waals surface area (Å²) in [6.07, 6.45) is 2.52. The lowest BCUT2D eigenvalue weighted by Gasteiger charge is -2.05. The SMILES string of the molecule is ClCCc1nc2cccnc2n1Cc1cscn1. The quantitative estimate of drug-likeness (QED) is 0.689. The van der Waals surface area contributed by atoms with Crippen LogP contribution in [-0.4, -0.2) is 25.4 Å². The third-order valence-electron chi connectivity index (χ3n) is 2.70. The van der Waals surface area contributed by atoms with Gasteiger partial charge in [-0.2, -0.15) is 0 Å². The second-order valence-corrected chi connectivity index (χ2v) is 4.98. The Labute approximate surface area is 113 Å². The van der Waals surface area contributed by atoms with Crippen LogP contribution >= 0.6 is 22.9 Å². The van der Waals surface area contributed by atoms with Crippen molar-refractivity contribution in [2.75, 3.05) is 5.88 Å². The molecule has 0 fully saturated rings. The molecule has 18 heavy (non-hydrogen) atoms. The Morgan fingerprint density at radius 3 is 3.06 bits per heavy atom. The number of halogens is 1. The molecule has 0 radical (unpaired) electrons. The summed E-state index contributed by atoms with van der Waals surface area (Å²) in [5, 5.41) is 2.04. The van der Waals surface area contributed by atoms with Gasteiger partial charge in [0.1, 0.15) is 11.3 Å². The molecule has 0 saturated heterocycles. The molecule has 0 aliphatic rings. The lowest BCUT2D eigenvalue weighted by Crippen LogP contribution is -2.06. The zero-order valence-electron chi connectivity index (χ0n) is 9.58. The first kappa shape index (κ1) is 11.6. The number of alkyl halides is 1. The van der Waals surface area contributed by atoms with Gasteiger partial charge in [0, 0.05) is 23.9 Å². The van der Waals surface area contributed by atoms with Crippen LogP contribution in [0.2, 0.25) is 0 Å². The van der Waals surface area contributed by atoms with Gasteiger partial charge in [-0.05, 0) is 12.1 Å². The average molecular weight is 279 g/mol. The van der Waals surface area contributed by atoms with Crippen molar-refractivity contribution in [1.29, 1.82) is 0 Å². The number of aromatic nitrogens is 4. The molecular formula is C12H11ClN4S. The number of fused-ring (bicyclic) bond motifs is 1. The van der Waals surface area contributed by atoms with E-state index in [0.29, 0.717) is 12.4 Å². The molecule has 3 rings (SSSR count). The molecule has 3 heterocycles. The van der Waals surface area contributed by atoms with E-state index in [0.717, 1.165) is 29.1 Å². The highest BCUT2D eigenvalue weighted by Gasteiger charge is 2.11. The van der Waals surface area contributed by atoms with Crippen molar-refractivity contribution in [2.24, 2.45) is 0 Å². The fourth-order valence-electron chi connectivity index (χ4n) is 1.92. The summed E-state index contributed by atoms with van der Waals surface area (Å²) >= 11 is 7.42. The van der Waals surface area contributed by atoms with E-state index in [2.05, 4.69) is 19.5 Å². The monoisotopic (exact) mass is 278 g/mol. The van der Waals surface area contributed by atoms with Gasteiger partial charge in [0.05, 0.1) is 17.7 Å². The topological polar surface area (TPSA) is 43.6 Å². The maximum Gasteiger partial charge on any atom is 0.160 e. The molecule has 3 aromatic rings. The number of aryl methyl sites for hydroxylation is 1. The number of imidazole rings is 1. The summed E-state index contributed by atoms with van der Waals surface area (Å²) in [5.41, 5.74) is 4.67. The van der Waals surface area contributed by atoms with Gasteiger partial charge >= 0.3 is 0 Å². The molecule has 0 aromatic carbocycles. The molecule has 0 N–H and O–H groups in total. The number of nitrogens with zero attached hydrogens (tertiary/aromatic N) is 4. The number of hydrogen-bond donors (Lipinski definition) is 0. The summed E-state index contributed by atoms with van der Waals surface area (Å²) in [6, 6.07) is 3.87. The Bertz CT molecular complexity index is 647. The largest absolute Gasteiger partial charge is 0.307 e. The Balaban J connectivity index is 2.09. The summed E-state index contributed by atoms with van der Waals surface area (Å²) in [7, 11) is 0. The molecule has 0 aliphatic carbocycles. The lowest BCUT2D eigenvalue weighted by molar-refractivity contribution is 0.735. The van der Waals surface area contributed by atoms with Gasteiger partial charge in [-0.3, -0.25) is 0 Å². The predicted octanol–water partition coefficient (Wildman–Crippen LogP) is 2.72. The molecule has 0 saturated carbocycles. The van der Waals surface area contributed by atoms with E-state index in [1.54, 1.807) is 17.5 Å². The second-order valence-electron chi connectivity index (χ2n) is 3.88. The Morgan fingerprint density at radius 2 is 2.28 bits per heavy atom. The normalized spacial score (nSPS) is 11.2. The summed E-state index contributed by atoms with van der Waals surface area (Å²) in [4.78, 5) is 13.3.